The molecule has 2 aromatic carbocycles. The van der Waals surface area contributed by atoms with Crippen LogP contribution >= 0.6 is 22.6 Å². The van der Waals surface area contributed by atoms with E-state index in [0.29, 0.717) is 9.26 Å². The fourth-order valence-electron chi connectivity index (χ4n) is 1.54. The topological polar surface area (TPSA) is 69.6 Å². The van der Waals surface area contributed by atoms with Gasteiger partial charge in [0.1, 0.15) is 22.9 Å². The second-order valence-corrected chi connectivity index (χ2v) is 4.91. The van der Waals surface area contributed by atoms with Crippen LogP contribution in [0.15, 0.2) is 36.4 Å². The van der Waals surface area contributed by atoms with Crippen LogP contribution in [0, 0.1) is 9.39 Å². The van der Waals surface area contributed by atoms with Crippen LogP contribution in [-0.2, 0) is 0 Å². The van der Waals surface area contributed by atoms with Gasteiger partial charge >= 0.3 is 0 Å². The number of benzene rings is 2. The maximum Gasteiger partial charge on any atom is 0.263 e. The van der Waals surface area contributed by atoms with Crippen LogP contribution in [0.3, 0.4) is 0 Å². The van der Waals surface area contributed by atoms with Gasteiger partial charge in [0.05, 0.1) is 5.69 Å². The first-order chi connectivity index (χ1) is 8.99. The Kier molecular flexibility index (Phi) is 3.89. The summed E-state index contributed by atoms with van der Waals surface area (Å²) < 4.78 is 13.5. The van der Waals surface area contributed by atoms with E-state index in [0.717, 1.165) is 0 Å². The molecule has 6 heteroatoms. The Balaban J connectivity index is 2.31. The summed E-state index contributed by atoms with van der Waals surface area (Å²) in [6, 6.07) is 7.90. The van der Waals surface area contributed by atoms with E-state index >= 15 is 0 Å². The largest absolute Gasteiger partial charge is 0.507 e. The molecule has 0 unspecified atom stereocenters. The molecular formula is C13H9FINO3. The third-order valence-electron chi connectivity index (χ3n) is 2.43. The quantitative estimate of drug-likeness (QED) is 0.709. The van der Waals surface area contributed by atoms with Crippen molar-refractivity contribution >= 4 is 34.2 Å². The lowest BCUT2D eigenvalue weighted by atomic mass is 10.1. The first-order valence-electron chi connectivity index (χ1n) is 5.26. The number of rotatable bonds is 2. The Morgan fingerprint density at radius 1 is 1.16 bits per heavy atom. The van der Waals surface area contributed by atoms with Gasteiger partial charge in [0.2, 0.25) is 0 Å². The number of aromatic hydroxyl groups is 2. The van der Waals surface area contributed by atoms with Crippen molar-refractivity contribution in [2.45, 2.75) is 0 Å². The Bertz CT molecular complexity index is 626. The van der Waals surface area contributed by atoms with Crippen molar-refractivity contribution in [3.63, 3.8) is 0 Å². The van der Waals surface area contributed by atoms with E-state index in [1.54, 1.807) is 0 Å². The van der Waals surface area contributed by atoms with Crippen molar-refractivity contribution in [1.82, 2.24) is 0 Å². The van der Waals surface area contributed by atoms with Crippen molar-refractivity contribution in [1.29, 1.82) is 0 Å². The van der Waals surface area contributed by atoms with Gasteiger partial charge in [-0.25, -0.2) is 4.39 Å². The Morgan fingerprint density at radius 3 is 2.37 bits per heavy atom. The molecule has 3 N–H and O–H groups in total. The lowest BCUT2D eigenvalue weighted by Crippen LogP contribution is -2.13. The SMILES string of the molecule is O=C(Nc1ccc(F)cc1I)c1c(O)cccc1O. The highest BCUT2D eigenvalue weighted by atomic mass is 127. The molecule has 0 heterocycles. The Hall–Kier alpha value is -1.83. The van der Waals surface area contributed by atoms with Crippen LogP contribution < -0.4 is 5.32 Å². The maximum absolute atomic E-state index is 12.9. The molecule has 0 radical (unpaired) electrons. The van der Waals surface area contributed by atoms with E-state index in [-0.39, 0.29) is 17.1 Å². The third kappa shape index (κ3) is 2.95. The molecule has 2 rings (SSSR count). The summed E-state index contributed by atoms with van der Waals surface area (Å²) in [6.45, 7) is 0. The normalized spacial score (nSPS) is 10.2. The molecule has 0 spiro atoms. The van der Waals surface area contributed by atoms with E-state index in [1.807, 2.05) is 22.6 Å². The molecule has 0 aliphatic carbocycles. The van der Waals surface area contributed by atoms with Gasteiger partial charge < -0.3 is 15.5 Å². The number of hydrogen-bond acceptors (Lipinski definition) is 3. The van der Waals surface area contributed by atoms with Crippen molar-refractivity contribution < 1.29 is 19.4 Å². The highest BCUT2D eigenvalue weighted by Gasteiger charge is 2.17. The molecule has 1 amide bonds. The molecule has 0 aromatic heterocycles. The molecule has 2 aromatic rings. The number of phenolic OH excluding ortho intramolecular Hbond substituents is 2. The van der Waals surface area contributed by atoms with Crippen molar-refractivity contribution in [2.24, 2.45) is 0 Å². The molecule has 98 valence electrons. The summed E-state index contributed by atoms with van der Waals surface area (Å²) in [5, 5.41) is 21.6. The van der Waals surface area contributed by atoms with E-state index < -0.39 is 11.7 Å². The molecule has 4 nitrogen and oxygen atoms in total. The number of carbonyl (C=O) groups is 1. The van der Waals surface area contributed by atoms with Crippen LogP contribution in [-0.4, -0.2) is 16.1 Å². The van der Waals surface area contributed by atoms with Crippen LogP contribution in [0.2, 0.25) is 0 Å². The summed E-state index contributed by atoms with van der Waals surface area (Å²) in [4.78, 5) is 12.0. The van der Waals surface area contributed by atoms with Gasteiger partial charge in [-0.15, -0.1) is 0 Å². The predicted molar refractivity (Wildman–Crippen MR) is 76.8 cm³/mol. The lowest BCUT2D eigenvalue weighted by molar-refractivity contribution is 0.102. The summed E-state index contributed by atoms with van der Waals surface area (Å²) in [5.74, 6) is -1.72. The second kappa shape index (κ2) is 5.43. The van der Waals surface area contributed by atoms with Crippen molar-refractivity contribution in [2.75, 3.05) is 5.32 Å². The van der Waals surface area contributed by atoms with E-state index in [1.165, 1.54) is 36.4 Å². The minimum atomic E-state index is -0.667. The fourth-order valence-corrected chi connectivity index (χ4v) is 2.15. The highest BCUT2D eigenvalue weighted by Crippen LogP contribution is 2.28. The number of hydrogen-bond donors (Lipinski definition) is 3. The Morgan fingerprint density at radius 2 is 1.79 bits per heavy atom. The average Bonchev–Trinajstić information content (AvgIpc) is 2.32. The van der Waals surface area contributed by atoms with Crippen molar-refractivity contribution in [3.05, 3.63) is 51.3 Å². The van der Waals surface area contributed by atoms with Gasteiger partial charge in [0, 0.05) is 3.57 Å². The van der Waals surface area contributed by atoms with Crippen LogP contribution in [0.4, 0.5) is 10.1 Å². The van der Waals surface area contributed by atoms with Crippen LogP contribution in [0.5, 0.6) is 11.5 Å². The van der Waals surface area contributed by atoms with Crippen LogP contribution in [0.25, 0.3) is 0 Å². The highest BCUT2D eigenvalue weighted by molar-refractivity contribution is 14.1. The summed E-state index contributed by atoms with van der Waals surface area (Å²) >= 11 is 1.88. The first-order valence-corrected chi connectivity index (χ1v) is 6.34. The molecular weight excluding hydrogens is 364 g/mol. The van der Waals surface area contributed by atoms with Gasteiger partial charge in [0.15, 0.2) is 0 Å². The number of phenols is 2. The minimum absolute atomic E-state index is 0.220. The van der Waals surface area contributed by atoms with E-state index in [9.17, 15) is 19.4 Å². The number of nitrogens with one attached hydrogen (secondary N) is 1. The molecule has 0 aliphatic rings. The smallest absolute Gasteiger partial charge is 0.263 e. The number of carbonyl (C=O) groups excluding carboxylic acids is 1. The molecule has 0 bridgehead atoms. The first kappa shape index (κ1) is 13.6. The zero-order valence-corrected chi connectivity index (χ0v) is 11.7. The number of anilines is 1. The third-order valence-corrected chi connectivity index (χ3v) is 3.32. The number of amides is 1. The molecule has 0 atom stereocenters. The standard InChI is InChI=1S/C13H9FINO3/c14-7-4-5-9(8(15)6-7)16-13(19)12-10(17)2-1-3-11(12)18/h1-6,17-18H,(H,16,19). The zero-order chi connectivity index (χ0) is 14.0. The van der Waals surface area contributed by atoms with Gasteiger partial charge in [-0.05, 0) is 52.9 Å². The van der Waals surface area contributed by atoms with Crippen molar-refractivity contribution in [3.8, 4) is 11.5 Å². The molecule has 19 heavy (non-hydrogen) atoms. The Labute approximate surface area is 122 Å². The predicted octanol–water partition coefficient (Wildman–Crippen LogP) is 3.09. The van der Waals surface area contributed by atoms with Gasteiger partial charge in [-0.1, -0.05) is 6.07 Å². The monoisotopic (exact) mass is 373 g/mol. The maximum atomic E-state index is 12.9. The second-order valence-electron chi connectivity index (χ2n) is 3.75. The van der Waals surface area contributed by atoms with Gasteiger partial charge in [0.25, 0.3) is 5.91 Å². The van der Waals surface area contributed by atoms with E-state index in [2.05, 4.69) is 5.32 Å². The molecule has 0 saturated heterocycles. The average molecular weight is 373 g/mol. The van der Waals surface area contributed by atoms with Gasteiger partial charge in [-0.3, -0.25) is 4.79 Å². The summed E-state index contributed by atoms with van der Waals surface area (Å²) in [5.41, 5.74) is 0.178. The lowest BCUT2D eigenvalue weighted by Gasteiger charge is -2.09. The molecule has 0 aliphatic heterocycles. The number of halogens is 2. The molecule has 0 saturated carbocycles. The summed E-state index contributed by atoms with van der Waals surface area (Å²) in [7, 11) is 0. The van der Waals surface area contributed by atoms with Gasteiger partial charge in [-0.2, -0.15) is 0 Å². The zero-order valence-electron chi connectivity index (χ0n) is 9.52. The van der Waals surface area contributed by atoms with Crippen LogP contribution in [0.1, 0.15) is 10.4 Å². The fraction of sp³-hybridized carbons (Fsp3) is 0. The summed E-state index contributed by atoms with van der Waals surface area (Å²) in [6.07, 6.45) is 0. The minimum Gasteiger partial charge on any atom is -0.507 e. The molecule has 0 fully saturated rings. The van der Waals surface area contributed by atoms with E-state index in [4.69, 9.17) is 0 Å².